The SMILES string of the molecule is COc1cccnc1-c1cc(Nc2cc(-c3cnn(C4CCCCO4)n3)c3cnn(C)c3n2)n(C)n1. The molecule has 0 bridgehead atoms. The summed E-state index contributed by atoms with van der Waals surface area (Å²) in [6, 6.07) is 7.56. The molecule has 1 unspecified atom stereocenters. The number of nitrogens with zero attached hydrogens (tertiary/aromatic N) is 9. The predicted octanol–water partition coefficient (Wildman–Crippen LogP) is 3.47. The van der Waals surface area contributed by atoms with Crippen LogP contribution in [-0.2, 0) is 18.8 Å². The van der Waals surface area contributed by atoms with Crippen molar-refractivity contribution in [2.24, 2.45) is 14.1 Å². The lowest BCUT2D eigenvalue weighted by molar-refractivity contribution is -0.0479. The van der Waals surface area contributed by atoms with E-state index >= 15 is 0 Å². The summed E-state index contributed by atoms with van der Waals surface area (Å²) >= 11 is 0. The maximum absolute atomic E-state index is 5.85. The van der Waals surface area contributed by atoms with Gasteiger partial charge in [0.25, 0.3) is 0 Å². The summed E-state index contributed by atoms with van der Waals surface area (Å²) in [5.41, 5.74) is 3.70. The first-order valence-corrected chi connectivity index (χ1v) is 11.8. The maximum atomic E-state index is 5.85. The van der Waals surface area contributed by atoms with Gasteiger partial charge in [0.15, 0.2) is 11.9 Å². The van der Waals surface area contributed by atoms with Crippen LogP contribution in [0.2, 0.25) is 0 Å². The Labute approximate surface area is 206 Å². The third kappa shape index (κ3) is 3.94. The van der Waals surface area contributed by atoms with Crippen molar-refractivity contribution in [3.8, 4) is 28.4 Å². The minimum absolute atomic E-state index is 0.132. The number of pyridine rings is 2. The number of aryl methyl sites for hydroxylation is 2. The van der Waals surface area contributed by atoms with Gasteiger partial charge in [0, 0.05) is 43.9 Å². The Balaban J connectivity index is 1.36. The van der Waals surface area contributed by atoms with Crippen LogP contribution in [-0.4, -0.2) is 58.2 Å². The Morgan fingerprint density at radius 3 is 2.81 bits per heavy atom. The molecule has 36 heavy (non-hydrogen) atoms. The van der Waals surface area contributed by atoms with Gasteiger partial charge < -0.3 is 14.8 Å². The third-order valence-electron chi connectivity index (χ3n) is 6.27. The van der Waals surface area contributed by atoms with Crippen LogP contribution in [0.5, 0.6) is 5.75 Å². The van der Waals surface area contributed by atoms with Crippen LogP contribution < -0.4 is 10.1 Å². The van der Waals surface area contributed by atoms with E-state index in [0.29, 0.717) is 23.0 Å². The fourth-order valence-electron chi connectivity index (χ4n) is 4.41. The van der Waals surface area contributed by atoms with E-state index < -0.39 is 0 Å². The second-order valence-corrected chi connectivity index (χ2v) is 8.65. The first kappa shape index (κ1) is 22.2. The molecule has 1 aliphatic heterocycles. The van der Waals surface area contributed by atoms with Gasteiger partial charge in [-0.25, -0.2) is 4.98 Å². The number of hydrogen-bond donors (Lipinski definition) is 1. The summed E-state index contributed by atoms with van der Waals surface area (Å²) in [5.74, 6) is 2.04. The van der Waals surface area contributed by atoms with Gasteiger partial charge in [-0.15, -0.1) is 0 Å². The number of rotatable bonds is 6. The number of ether oxygens (including phenoxy) is 2. The molecule has 1 saturated heterocycles. The summed E-state index contributed by atoms with van der Waals surface area (Å²) in [6.45, 7) is 0.731. The molecule has 0 amide bonds. The highest BCUT2D eigenvalue weighted by molar-refractivity contribution is 5.93. The normalized spacial score (nSPS) is 15.9. The molecule has 184 valence electrons. The van der Waals surface area contributed by atoms with Crippen molar-refractivity contribution < 1.29 is 9.47 Å². The highest BCUT2D eigenvalue weighted by atomic mass is 16.5. The summed E-state index contributed by atoms with van der Waals surface area (Å²) in [7, 11) is 5.35. The lowest BCUT2D eigenvalue weighted by Crippen LogP contribution is -2.20. The van der Waals surface area contributed by atoms with E-state index in [4.69, 9.17) is 19.6 Å². The van der Waals surface area contributed by atoms with Crippen molar-refractivity contribution >= 4 is 22.7 Å². The van der Waals surface area contributed by atoms with Gasteiger partial charge in [0.2, 0.25) is 0 Å². The topological polar surface area (TPSA) is 123 Å². The van der Waals surface area contributed by atoms with Crippen molar-refractivity contribution in [3.05, 3.63) is 42.9 Å². The standard InChI is InChI=1S/C24H26N10O2/c1-32-21(12-17(30-32)23-19(35-3)7-6-9-25-23)28-20-11-15(16-13-26-33(2)24(16)29-20)18-14-27-34(31-18)22-8-4-5-10-36-22/h6-7,9,11-14,22H,4-5,8,10H2,1-3H3,(H,28,29). The number of hydrogen-bond acceptors (Lipinski definition) is 9. The molecular formula is C24H26N10O2. The molecule has 6 heterocycles. The Morgan fingerprint density at radius 2 is 1.97 bits per heavy atom. The number of aromatic nitrogens is 9. The van der Waals surface area contributed by atoms with E-state index in [2.05, 4.69) is 25.6 Å². The number of anilines is 2. The summed E-state index contributed by atoms with van der Waals surface area (Å²) < 4.78 is 14.8. The molecule has 1 fully saturated rings. The fraction of sp³-hybridized carbons (Fsp3) is 0.333. The van der Waals surface area contributed by atoms with Gasteiger partial charge in [0.1, 0.15) is 34.5 Å². The van der Waals surface area contributed by atoms with Gasteiger partial charge in [-0.05, 0) is 37.5 Å². The van der Waals surface area contributed by atoms with Crippen molar-refractivity contribution in [3.63, 3.8) is 0 Å². The van der Waals surface area contributed by atoms with Crippen molar-refractivity contribution in [2.75, 3.05) is 19.0 Å². The largest absolute Gasteiger partial charge is 0.494 e. The molecule has 1 atom stereocenters. The zero-order valence-electron chi connectivity index (χ0n) is 20.3. The van der Waals surface area contributed by atoms with E-state index in [1.165, 1.54) is 0 Å². The average molecular weight is 487 g/mol. The van der Waals surface area contributed by atoms with Gasteiger partial charge in [-0.2, -0.15) is 25.2 Å². The van der Waals surface area contributed by atoms with E-state index in [1.807, 2.05) is 38.4 Å². The Kier molecular flexibility index (Phi) is 5.56. The first-order valence-electron chi connectivity index (χ1n) is 11.8. The van der Waals surface area contributed by atoms with Gasteiger partial charge in [0.05, 0.1) is 19.5 Å². The quantitative estimate of drug-likeness (QED) is 0.384. The smallest absolute Gasteiger partial charge is 0.169 e. The zero-order valence-corrected chi connectivity index (χ0v) is 20.3. The zero-order chi connectivity index (χ0) is 24.6. The van der Waals surface area contributed by atoms with Gasteiger partial charge in [-0.1, -0.05) is 0 Å². The molecule has 0 aliphatic carbocycles. The predicted molar refractivity (Wildman–Crippen MR) is 133 cm³/mol. The Morgan fingerprint density at radius 1 is 1.06 bits per heavy atom. The van der Waals surface area contributed by atoms with Crippen LogP contribution in [0.1, 0.15) is 25.5 Å². The van der Waals surface area contributed by atoms with Crippen molar-refractivity contribution in [1.82, 2.24) is 44.5 Å². The van der Waals surface area contributed by atoms with E-state index in [-0.39, 0.29) is 6.23 Å². The minimum Gasteiger partial charge on any atom is -0.494 e. The molecule has 0 radical (unpaired) electrons. The van der Waals surface area contributed by atoms with E-state index in [0.717, 1.165) is 54.0 Å². The molecule has 12 nitrogen and oxygen atoms in total. The van der Waals surface area contributed by atoms with Gasteiger partial charge in [-0.3, -0.25) is 14.3 Å². The lowest BCUT2D eigenvalue weighted by Gasteiger charge is -2.21. The highest BCUT2D eigenvalue weighted by Crippen LogP contribution is 2.32. The van der Waals surface area contributed by atoms with Crippen LogP contribution in [0.4, 0.5) is 11.6 Å². The molecule has 0 spiro atoms. The van der Waals surface area contributed by atoms with Crippen LogP contribution in [0, 0.1) is 0 Å². The fourth-order valence-corrected chi connectivity index (χ4v) is 4.41. The maximum Gasteiger partial charge on any atom is 0.169 e. The molecule has 0 aromatic carbocycles. The number of nitrogens with one attached hydrogen (secondary N) is 1. The van der Waals surface area contributed by atoms with Crippen molar-refractivity contribution in [2.45, 2.75) is 25.5 Å². The molecular weight excluding hydrogens is 460 g/mol. The molecule has 6 rings (SSSR count). The van der Waals surface area contributed by atoms with Crippen molar-refractivity contribution in [1.29, 1.82) is 0 Å². The lowest BCUT2D eigenvalue weighted by atomic mass is 10.1. The molecule has 5 aromatic heterocycles. The summed E-state index contributed by atoms with van der Waals surface area (Å²) in [4.78, 5) is 10.9. The minimum atomic E-state index is -0.132. The molecule has 0 saturated carbocycles. The number of fused-ring (bicyclic) bond motifs is 1. The Hall–Kier alpha value is -4.32. The van der Waals surface area contributed by atoms with Crippen LogP contribution in [0.15, 0.2) is 42.9 Å². The van der Waals surface area contributed by atoms with Crippen LogP contribution in [0.25, 0.3) is 33.7 Å². The third-order valence-corrected chi connectivity index (χ3v) is 6.27. The Bertz CT molecular complexity index is 1530. The number of methoxy groups -OCH3 is 1. The van der Waals surface area contributed by atoms with Crippen LogP contribution in [0.3, 0.4) is 0 Å². The average Bonchev–Trinajstić information content (AvgIpc) is 3.64. The molecule has 1 N–H and O–H groups in total. The highest BCUT2D eigenvalue weighted by Gasteiger charge is 2.21. The summed E-state index contributed by atoms with van der Waals surface area (Å²) in [6.07, 6.45) is 8.23. The second kappa shape index (κ2) is 9.04. The molecule has 12 heteroatoms. The van der Waals surface area contributed by atoms with E-state index in [9.17, 15) is 0 Å². The first-order chi connectivity index (χ1) is 17.6. The second-order valence-electron chi connectivity index (χ2n) is 8.65. The van der Waals surface area contributed by atoms with Gasteiger partial charge >= 0.3 is 0 Å². The van der Waals surface area contributed by atoms with E-state index in [1.54, 1.807) is 39.9 Å². The molecule has 5 aromatic rings. The molecule has 1 aliphatic rings. The monoisotopic (exact) mass is 486 g/mol. The summed E-state index contributed by atoms with van der Waals surface area (Å²) in [5, 5.41) is 22.5. The van der Waals surface area contributed by atoms with Crippen LogP contribution >= 0.6 is 0 Å².